The molecule has 0 amide bonds. The zero-order chi connectivity index (χ0) is 14.9. The summed E-state index contributed by atoms with van der Waals surface area (Å²) in [6.07, 6.45) is 1.56. The molecule has 112 valence electrons. The van der Waals surface area contributed by atoms with Crippen molar-refractivity contribution in [3.8, 4) is 0 Å². The van der Waals surface area contributed by atoms with Crippen LogP contribution in [-0.2, 0) is 6.18 Å². The number of pyridine rings is 1. The maximum absolute atomic E-state index is 13.0. The van der Waals surface area contributed by atoms with Crippen molar-refractivity contribution in [2.45, 2.75) is 25.1 Å². The van der Waals surface area contributed by atoms with E-state index in [0.29, 0.717) is 13.1 Å². The van der Waals surface area contributed by atoms with E-state index in [1.165, 1.54) is 18.6 Å². The molecule has 0 radical (unpaired) electrons. The zero-order valence-corrected chi connectivity index (χ0v) is 11.2. The number of aromatic nitrogens is 4. The molecule has 3 heterocycles. The number of halogens is 3. The zero-order valence-electron chi connectivity index (χ0n) is 11.2. The summed E-state index contributed by atoms with van der Waals surface area (Å²) in [4.78, 5) is 9.52. The van der Waals surface area contributed by atoms with E-state index in [0.717, 1.165) is 18.9 Å². The second-order valence-corrected chi connectivity index (χ2v) is 4.97. The first kappa shape index (κ1) is 13.8. The van der Waals surface area contributed by atoms with E-state index in [4.69, 9.17) is 0 Å². The van der Waals surface area contributed by atoms with Crippen LogP contribution in [-0.4, -0.2) is 32.8 Å². The summed E-state index contributed by atoms with van der Waals surface area (Å²) >= 11 is 0. The second-order valence-electron chi connectivity index (χ2n) is 4.97. The number of alkyl halides is 3. The summed E-state index contributed by atoms with van der Waals surface area (Å²) in [5.74, 6) is 0.0158. The first-order chi connectivity index (χ1) is 10.1. The summed E-state index contributed by atoms with van der Waals surface area (Å²) in [5, 5.41) is 4.09. The van der Waals surface area contributed by atoms with Gasteiger partial charge in [0.25, 0.3) is 0 Å². The van der Waals surface area contributed by atoms with Crippen LogP contribution in [0, 0.1) is 0 Å². The van der Waals surface area contributed by atoms with Crippen LogP contribution in [0.1, 0.15) is 24.4 Å². The van der Waals surface area contributed by atoms with E-state index in [1.54, 1.807) is 15.9 Å². The van der Waals surface area contributed by atoms with Crippen LogP contribution in [0.2, 0.25) is 0 Å². The fourth-order valence-corrected chi connectivity index (χ4v) is 2.62. The predicted molar refractivity (Wildman–Crippen MR) is 69.7 cm³/mol. The van der Waals surface area contributed by atoms with Crippen molar-refractivity contribution in [2.75, 3.05) is 18.0 Å². The Labute approximate surface area is 119 Å². The van der Waals surface area contributed by atoms with Crippen LogP contribution < -0.4 is 4.90 Å². The molecular formula is C13H14F3N5. The number of rotatable bonds is 2. The predicted octanol–water partition coefficient (Wildman–Crippen LogP) is 2.53. The highest BCUT2D eigenvalue weighted by atomic mass is 19.4. The molecule has 0 aromatic carbocycles. The lowest BCUT2D eigenvalue weighted by atomic mass is 10.0. The maximum atomic E-state index is 13.0. The lowest BCUT2D eigenvalue weighted by Crippen LogP contribution is -2.36. The van der Waals surface area contributed by atoms with E-state index in [-0.39, 0.29) is 11.9 Å². The van der Waals surface area contributed by atoms with Crippen LogP contribution in [0.5, 0.6) is 0 Å². The van der Waals surface area contributed by atoms with Crippen molar-refractivity contribution < 1.29 is 13.2 Å². The smallest absolute Gasteiger partial charge is 0.356 e. The van der Waals surface area contributed by atoms with Crippen molar-refractivity contribution >= 4 is 5.82 Å². The Bertz CT molecular complexity index is 588. The van der Waals surface area contributed by atoms with Gasteiger partial charge in [-0.05, 0) is 25.0 Å². The third-order valence-electron chi connectivity index (χ3n) is 3.67. The molecule has 3 rings (SSSR count). The third-order valence-corrected chi connectivity index (χ3v) is 3.67. The van der Waals surface area contributed by atoms with Crippen molar-refractivity contribution in [1.82, 2.24) is 19.7 Å². The minimum atomic E-state index is -4.38. The van der Waals surface area contributed by atoms with Crippen molar-refractivity contribution in [2.24, 2.45) is 0 Å². The highest BCUT2D eigenvalue weighted by molar-refractivity contribution is 5.48. The minimum absolute atomic E-state index is 0.0158. The molecule has 21 heavy (non-hydrogen) atoms. The van der Waals surface area contributed by atoms with Crippen molar-refractivity contribution in [1.29, 1.82) is 0 Å². The van der Waals surface area contributed by atoms with Crippen molar-refractivity contribution in [3.05, 3.63) is 36.5 Å². The maximum Gasteiger partial charge on any atom is 0.419 e. The number of hydrogen-bond acceptors (Lipinski definition) is 4. The molecule has 0 aliphatic carbocycles. The summed E-state index contributed by atoms with van der Waals surface area (Å²) in [6, 6.07) is 2.57. The Morgan fingerprint density at radius 3 is 2.57 bits per heavy atom. The summed E-state index contributed by atoms with van der Waals surface area (Å²) in [7, 11) is 0. The van der Waals surface area contributed by atoms with Gasteiger partial charge in [0.15, 0.2) is 0 Å². The van der Waals surface area contributed by atoms with Gasteiger partial charge in [0.1, 0.15) is 18.5 Å². The normalized spacial score (nSPS) is 17.2. The van der Waals surface area contributed by atoms with Crippen LogP contribution >= 0.6 is 0 Å². The van der Waals surface area contributed by atoms with E-state index < -0.39 is 11.7 Å². The molecule has 0 unspecified atom stereocenters. The molecule has 1 saturated heterocycles. The van der Waals surface area contributed by atoms with Gasteiger partial charge in [0.2, 0.25) is 0 Å². The largest absolute Gasteiger partial charge is 0.419 e. The van der Waals surface area contributed by atoms with E-state index >= 15 is 0 Å². The van der Waals surface area contributed by atoms with Crippen LogP contribution in [0.25, 0.3) is 0 Å². The van der Waals surface area contributed by atoms with Gasteiger partial charge in [-0.2, -0.15) is 18.3 Å². The first-order valence-electron chi connectivity index (χ1n) is 6.67. The highest BCUT2D eigenvalue weighted by Gasteiger charge is 2.36. The summed E-state index contributed by atoms with van der Waals surface area (Å²) in [5.41, 5.74) is -0.677. The molecule has 5 nitrogen and oxygen atoms in total. The average Bonchev–Trinajstić information content (AvgIpc) is 3.01. The van der Waals surface area contributed by atoms with E-state index in [2.05, 4.69) is 15.1 Å². The van der Waals surface area contributed by atoms with Gasteiger partial charge in [0, 0.05) is 19.3 Å². The van der Waals surface area contributed by atoms with Crippen LogP contribution in [0.4, 0.5) is 19.0 Å². The van der Waals surface area contributed by atoms with Gasteiger partial charge in [-0.1, -0.05) is 0 Å². The number of piperidine rings is 1. The Morgan fingerprint density at radius 2 is 1.95 bits per heavy atom. The minimum Gasteiger partial charge on any atom is -0.356 e. The Morgan fingerprint density at radius 1 is 1.19 bits per heavy atom. The number of hydrogen-bond donors (Lipinski definition) is 0. The molecule has 2 aromatic rings. The summed E-state index contributed by atoms with van der Waals surface area (Å²) < 4.78 is 40.8. The molecule has 1 fully saturated rings. The lowest BCUT2D eigenvalue weighted by Gasteiger charge is -2.33. The SMILES string of the molecule is FC(F)(F)c1cccnc1N1CCC(n2cncn2)CC1. The molecule has 2 aromatic heterocycles. The Balaban J connectivity index is 1.76. The van der Waals surface area contributed by atoms with E-state index in [9.17, 15) is 13.2 Å². The average molecular weight is 297 g/mol. The molecular weight excluding hydrogens is 283 g/mol. The summed E-state index contributed by atoms with van der Waals surface area (Å²) in [6.45, 7) is 1.04. The van der Waals surface area contributed by atoms with E-state index in [1.807, 2.05) is 0 Å². The molecule has 0 saturated carbocycles. The molecule has 8 heteroatoms. The molecule has 1 aliphatic heterocycles. The van der Waals surface area contributed by atoms with Crippen LogP contribution in [0.15, 0.2) is 31.0 Å². The molecule has 0 N–H and O–H groups in total. The number of anilines is 1. The highest BCUT2D eigenvalue weighted by Crippen LogP contribution is 2.36. The fraction of sp³-hybridized carbons (Fsp3) is 0.462. The third kappa shape index (κ3) is 2.84. The molecule has 1 aliphatic rings. The lowest BCUT2D eigenvalue weighted by molar-refractivity contribution is -0.137. The van der Waals surface area contributed by atoms with Crippen molar-refractivity contribution in [3.63, 3.8) is 0 Å². The molecule has 0 bridgehead atoms. The number of nitrogens with zero attached hydrogens (tertiary/aromatic N) is 5. The fourth-order valence-electron chi connectivity index (χ4n) is 2.62. The topological polar surface area (TPSA) is 46.8 Å². The van der Waals surface area contributed by atoms with Gasteiger partial charge in [-0.25, -0.2) is 14.6 Å². The van der Waals surface area contributed by atoms with Gasteiger partial charge < -0.3 is 4.90 Å². The van der Waals surface area contributed by atoms with Gasteiger partial charge in [0.05, 0.1) is 11.6 Å². The Kier molecular flexibility index (Phi) is 3.52. The Hall–Kier alpha value is -2.12. The van der Waals surface area contributed by atoms with Gasteiger partial charge in [-0.3, -0.25) is 0 Å². The quantitative estimate of drug-likeness (QED) is 0.854. The molecule has 0 spiro atoms. The van der Waals surface area contributed by atoms with Crippen LogP contribution in [0.3, 0.4) is 0 Å². The standard InChI is InChI=1S/C13H14F3N5/c14-13(15,16)11-2-1-5-18-12(11)20-6-3-10(4-7-20)21-9-17-8-19-21/h1-2,5,8-10H,3-4,6-7H2. The van der Waals surface area contributed by atoms with Gasteiger partial charge >= 0.3 is 6.18 Å². The first-order valence-corrected chi connectivity index (χ1v) is 6.67. The molecule has 0 atom stereocenters. The van der Waals surface area contributed by atoms with Gasteiger partial charge in [-0.15, -0.1) is 0 Å². The monoisotopic (exact) mass is 297 g/mol. The second kappa shape index (κ2) is 5.34.